The number of alkyl halides is 2. The minimum atomic E-state index is -2.85. The lowest BCUT2D eigenvalue weighted by Crippen LogP contribution is -2.11. The molecule has 2 aromatic rings. The highest BCUT2D eigenvalue weighted by atomic mass is 79.9. The van der Waals surface area contributed by atoms with Gasteiger partial charge in [-0.15, -0.1) is 0 Å². The summed E-state index contributed by atoms with van der Waals surface area (Å²) in [6, 6.07) is 11.9. The van der Waals surface area contributed by atoms with E-state index in [9.17, 15) is 8.78 Å². The Morgan fingerprint density at radius 1 is 1.15 bits per heavy atom. The van der Waals surface area contributed by atoms with Gasteiger partial charge in [-0.05, 0) is 58.6 Å². The van der Waals surface area contributed by atoms with Gasteiger partial charge < -0.3 is 9.47 Å². The lowest BCUT2D eigenvalue weighted by atomic mass is 9.99. The third kappa shape index (κ3) is 7.32. The fourth-order valence-electron chi connectivity index (χ4n) is 2.50. The van der Waals surface area contributed by atoms with E-state index in [0.717, 1.165) is 11.4 Å². The quantitative estimate of drug-likeness (QED) is 0.352. The molecule has 0 aromatic heterocycles. The van der Waals surface area contributed by atoms with E-state index in [4.69, 9.17) is 32.7 Å². The molecule has 0 atom stereocenters. The Balaban J connectivity index is 1.87. The van der Waals surface area contributed by atoms with Crippen molar-refractivity contribution in [1.82, 2.24) is 0 Å². The Kier molecular flexibility index (Phi) is 8.39. The zero-order valence-electron chi connectivity index (χ0n) is 14.7. The smallest absolute Gasteiger partial charge is 0.270 e. The molecule has 0 saturated heterocycles. The van der Waals surface area contributed by atoms with Crippen LogP contribution in [0.2, 0.25) is 0 Å². The number of hydrogen-bond acceptors (Lipinski definition) is 2. The molecule has 2 nitrogen and oxygen atoms in total. The van der Waals surface area contributed by atoms with Crippen molar-refractivity contribution in [3.8, 4) is 11.5 Å². The largest absolute Gasteiger partial charge is 0.492 e. The molecular weight excluding hydrogens is 461 g/mol. The Morgan fingerprint density at radius 2 is 1.89 bits per heavy atom. The van der Waals surface area contributed by atoms with Crippen LogP contribution in [0, 0.1) is 0 Å². The molecule has 0 aliphatic heterocycles. The summed E-state index contributed by atoms with van der Waals surface area (Å²) in [5.41, 5.74) is 0.709. The molecule has 0 spiro atoms. The number of rotatable bonds is 9. The predicted molar refractivity (Wildman–Crippen MR) is 109 cm³/mol. The van der Waals surface area contributed by atoms with E-state index in [1.807, 2.05) is 0 Å². The van der Waals surface area contributed by atoms with Crippen LogP contribution in [0.3, 0.4) is 0 Å². The van der Waals surface area contributed by atoms with E-state index in [1.54, 1.807) is 42.5 Å². The Labute approximate surface area is 176 Å². The molecule has 2 rings (SSSR count). The molecule has 0 radical (unpaired) electrons. The van der Waals surface area contributed by atoms with E-state index in [2.05, 4.69) is 15.9 Å². The Bertz CT molecular complexity index is 788. The minimum absolute atomic E-state index is 0.0683. The van der Waals surface area contributed by atoms with Crippen LogP contribution in [0.4, 0.5) is 8.78 Å². The highest BCUT2D eigenvalue weighted by molar-refractivity contribution is 9.10. The van der Waals surface area contributed by atoms with Gasteiger partial charge in [-0.1, -0.05) is 47.5 Å². The first-order chi connectivity index (χ1) is 12.8. The monoisotopic (exact) mass is 478 g/mol. The highest BCUT2D eigenvalue weighted by Crippen LogP contribution is 2.31. The first kappa shape index (κ1) is 22.0. The zero-order chi connectivity index (χ0) is 19.9. The molecule has 0 bridgehead atoms. The predicted octanol–water partition coefficient (Wildman–Crippen LogP) is 7.27. The molecule has 0 aliphatic rings. The van der Waals surface area contributed by atoms with Crippen molar-refractivity contribution >= 4 is 39.1 Å². The average molecular weight is 480 g/mol. The van der Waals surface area contributed by atoms with Crippen LogP contribution >= 0.6 is 39.1 Å². The SMILES string of the molecule is CC(F)(F)c1ccccc1CCCOc1ccc(OCC=C(Cl)Cl)cc1Br. The van der Waals surface area contributed by atoms with Crippen molar-refractivity contribution in [2.24, 2.45) is 0 Å². The van der Waals surface area contributed by atoms with Crippen molar-refractivity contribution in [3.05, 3.63) is 68.6 Å². The normalized spacial score (nSPS) is 11.2. The maximum Gasteiger partial charge on any atom is 0.270 e. The molecule has 0 heterocycles. The van der Waals surface area contributed by atoms with Crippen molar-refractivity contribution in [1.29, 1.82) is 0 Å². The lowest BCUT2D eigenvalue weighted by molar-refractivity contribution is 0.0165. The zero-order valence-corrected chi connectivity index (χ0v) is 17.8. The van der Waals surface area contributed by atoms with Crippen LogP contribution in [-0.4, -0.2) is 13.2 Å². The molecule has 27 heavy (non-hydrogen) atoms. The number of hydrogen-bond donors (Lipinski definition) is 0. The van der Waals surface area contributed by atoms with Gasteiger partial charge in [0.1, 0.15) is 22.6 Å². The summed E-state index contributed by atoms with van der Waals surface area (Å²) in [4.78, 5) is 0. The van der Waals surface area contributed by atoms with E-state index in [0.29, 0.717) is 36.5 Å². The highest BCUT2D eigenvalue weighted by Gasteiger charge is 2.26. The van der Waals surface area contributed by atoms with Crippen LogP contribution < -0.4 is 9.47 Å². The summed E-state index contributed by atoms with van der Waals surface area (Å²) in [6.45, 7) is 1.59. The number of halogens is 5. The topological polar surface area (TPSA) is 18.5 Å². The molecule has 0 unspecified atom stereocenters. The Hall–Kier alpha value is -1.30. The molecule has 0 fully saturated rings. The van der Waals surface area contributed by atoms with Crippen LogP contribution in [0.15, 0.2) is 57.5 Å². The van der Waals surface area contributed by atoms with E-state index >= 15 is 0 Å². The molecule has 0 aliphatic carbocycles. The van der Waals surface area contributed by atoms with Crippen LogP contribution in [0.25, 0.3) is 0 Å². The van der Waals surface area contributed by atoms with E-state index < -0.39 is 5.92 Å². The van der Waals surface area contributed by atoms with Crippen LogP contribution in [-0.2, 0) is 12.3 Å². The summed E-state index contributed by atoms with van der Waals surface area (Å²) >= 11 is 14.5. The van der Waals surface area contributed by atoms with Gasteiger partial charge >= 0.3 is 0 Å². The fraction of sp³-hybridized carbons (Fsp3) is 0.300. The average Bonchev–Trinajstić information content (AvgIpc) is 2.59. The maximum absolute atomic E-state index is 13.6. The number of ether oxygens (including phenoxy) is 2. The number of benzene rings is 2. The van der Waals surface area contributed by atoms with Gasteiger partial charge in [-0.25, -0.2) is 8.78 Å². The van der Waals surface area contributed by atoms with Gasteiger partial charge in [0.15, 0.2) is 0 Å². The molecular formula is C20H19BrCl2F2O2. The van der Waals surface area contributed by atoms with Crippen molar-refractivity contribution in [2.75, 3.05) is 13.2 Å². The van der Waals surface area contributed by atoms with Crippen molar-refractivity contribution < 1.29 is 18.3 Å². The van der Waals surface area contributed by atoms with Gasteiger partial charge in [0.2, 0.25) is 0 Å². The molecule has 146 valence electrons. The molecule has 0 N–H and O–H groups in total. The van der Waals surface area contributed by atoms with Crippen molar-refractivity contribution in [2.45, 2.75) is 25.7 Å². The van der Waals surface area contributed by atoms with Crippen LogP contribution in [0.5, 0.6) is 11.5 Å². The van der Waals surface area contributed by atoms with Gasteiger partial charge in [0.05, 0.1) is 11.1 Å². The van der Waals surface area contributed by atoms with E-state index in [1.165, 1.54) is 6.07 Å². The van der Waals surface area contributed by atoms with Gasteiger partial charge in [-0.3, -0.25) is 0 Å². The third-order valence-electron chi connectivity index (χ3n) is 3.73. The summed E-state index contributed by atoms with van der Waals surface area (Å²) in [6.07, 6.45) is 2.68. The second-order valence-electron chi connectivity index (χ2n) is 5.89. The molecule has 0 amide bonds. The summed E-state index contributed by atoms with van der Waals surface area (Å²) in [5.74, 6) is -1.55. The lowest BCUT2D eigenvalue weighted by Gasteiger charge is -2.16. The molecule has 2 aromatic carbocycles. The second kappa shape index (κ2) is 10.3. The van der Waals surface area contributed by atoms with Crippen molar-refractivity contribution in [3.63, 3.8) is 0 Å². The summed E-state index contributed by atoms with van der Waals surface area (Å²) in [5, 5.41) is 0. The molecule has 7 heteroatoms. The maximum atomic E-state index is 13.6. The second-order valence-corrected chi connectivity index (χ2v) is 7.76. The summed E-state index contributed by atoms with van der Waals surface area (Å²) < 4.78 is 39.4. The minimum Gasteiger partial charge on any atom is -0.492 e. The van der Waals surface area contributed by atoms with Crippen LogP contribution in [0.1, 0.15) is 24.5 Å². The van der Waals surface area contributed by atoms with E-state index in [-0.39, 0.29) is 16.7 Å². The standard InChI is InChI=1S/C20H19BrCl2F2O2/c1-20(24,25)16-7-3-2-5-14(16)6-4-11-27-18-9-8-15(13-17(18)21)26-12-10-19(22)23/h2-3,5,7-10,13H,4,6,11-12H2,1H3. The summed E-state index contributed by atoms with van der Waals surface area (Å²) in [7, 11) is 0. The van der Waals surface area contributed by atoms with Gasteiger partial charge in [0, 0.05) is 12.5 Å². The third-order valence-corrected chi connectivity index (χ3v) is 4.66. The number of aryl methyl sites for hydroxylation is 1. The molecule has 0 saturated carbocycles. The first-order valence-corrected chi connectivity index (χ1v) is 9.85. The Morgan fingerprint density at radius 3 is 2.56 bits per heavy atom. The van der Waals surface area contributed by atoms with Gasteiger partial charge in [0.25, 0.3) is 5.92 Å². The first-order valence-electron chi connectivity index (χ1n) is 8.30. The fourth-order valence-corrected chi connectivity index (χ4v) is 3.10. The van der Waals surface area contributed by atoms with Gasteiger partial charge in [-0.2, -0.15) is 0 Å².